The maximum atomic E-state index is 11.9. The van der Waals surface area contributed by atoms with Crippen LogP contribution in [0, 0.1) is 5.92 Å². The second-order valence-corrected chi connectivity index (χ2v) is 7.92. The first kappa shape index (κ1) is 22.2. The van der Waals surface area contributed by atoms with Gasteiger partial charge >= 0.3 is 0 Å². The number of rotatable bonds is 9. The Hall–Kier alpha value is -2.05. The van der Waals surface area contributed by atoms with Gasteiger partial charge in [-0.1, -0.05) is 38.3 Å². The number of nitrogens with one attached hydrogen (secondary N) is 2. The molecule has 0 unspecified atom stereocenters. The van der Waals surface area contributed by atoms with Crippen LogP contribution in [0.4, 0.5) is 0 Å². The SMILES string of the molecule is CCC(CC)c1cc(CNC(=NCC(=O)N(C)C)NCC2CCCCC2)on1. The number of carbonyl (C=O) groups excluding carboxylic acids is 1. The summed E-state index contributed by atoms with van der Waals surface area (Å²) in [6, 6.07) is 2.02. The lowest BCUT2D eigenvalue weighted by molar-refractivity contribution is -0.127. The van der Waals surface area contributed by atoms with E-state index < -0.39 is 0 Å². The van der Waals surface area contributed by atoms with Crippen molar-refractivity contribution in [3.05, 3.63) is 17.5 Å². The fourth-order valence-electron chi connectivity index (χ4n) is 3.58. The van der Waals surface area contributed by atoms with Gasteiger partial charge in [-0.25, -0.2) is 4.99 Å². The number of nitrogens with zero attached hydrogens (tertiary/aromatic N) is 3. The number of carbonyl (C=O) groups is 1. The summed E-state index contributed by atoms with van der Waals surface area (Å²) in [6.45, 7) is 5.85. The maximum absolute atomic E-state index is 11.9. The van der Waals surface area contributed by atoms with Crippen LogP contribution in [-0.4, -0.2) is 49.1 Å². The van der Waals surface area contributed by atoms with Gasteiger partial charge in [0.05, 0.1) is 12.2 Å². The van der Waals surface area contributed by atoms with Gasteiger partial charge in [0.2, 0.25) is 5.91 Å². The van der Waals surface area contributed by atoms with Crippen LogP contribution < -0.4 is 10.6 Å². The summed E-state index contributed by atoms with van der Waals surface area (Å²) in [6.07, 6.45) is 8.59. The van der Waals surface area contributed by atoms with Crippen molar-refractivity contribution in [2.75, 3.05) is 27.2 Å². The Morgan fingerprint density at radius 2 is 1.96 bits per heavy atom. The Morgan fingerprint density at radius 3 is 2.61 bits per heavy atom. The molecule has 28 heavy (non-hydrogen) atoms. The minimum Gasteiger partial charge on any atom is -0.359 e. The summed E-state index contributed by atoms with van der Waals surface area (Å²) in [5, 5.41) is 10.9. The standard InChI is InChI=1S/C21H37N5O2/c1-5-17(6-2)19-12-18(28-25-19)14-23-21(24-15-20(27)26(3)4)22-13-16-10-8-7-9-11-16/h12,16-17H,5-11,13-15H2,1-4H3,(H2,22,23,24). The molecule has 1 aromatic rings. The highest BCUT2D eigenvalue weighted by Crippen LogP contribution is 2.23. The van der Waals surface area contributed by atoms with Gasteiger partial charge in [-0.2, -0.15) is 0 Å². The van der Waals surface area contributed by atoms with E-state index in [-0.39, 0.29) is 12.5 Å². The second-order valence-electron chi connectivity index (χ2n) is 7.92. The third-order valence-corrected chi connectivity index (χ3v) is 5.57. The molecule has 7 heteroatoms. The predicted molar refractivity (Wildman–Crippen MR) is 112 cm³/mol. The normalized spacial score (nSPS) is 15.7. The summed E-state index contributed by atoms with van der Waals surface area (Å²) < 4.78 is 5.49. The van der Waals surface area contributed by atoms with Crippen molar-refractivity contribution >= 4 is 11.9 Å². The number of hydrogen-bond acceptors (Lipinski definition) is 4. The zero-order chi connectivity index (χ0) is 20.4. The topological polar surface area (TPSA) is 82.8 Å². The van der Waals surface area contributed by atoms with Gasteiger partial charge in [-0.3, -0.25) is 4.79 Å². The molecule has 0 aliphatic heterocycles. The van der Waals surface area contributed by atoms with Gasteiger partial charge in [0, 0.05) is 32.6 Å². The fraction of sp³-hybridized carbons (Fsp3) is 0.762. The Labute approximate surface area is 169 Å². The number of aromatic nitrogens is 1. The highest BCUT2D eigenvalue weighted by Gasteiger charge is 2.15. The fourth-order valence-corrected chi connectivity index (χ4v) is 3.58. The Balaban J connectivity index is 1.93. The van der Waals surface area contributed by atoms with Gasteiger partial charge in [0.25, 0.3) is 0 Å². The van der Waals surface area contributed by atoms with Crippen molar-refractivity contribution in [3.63, 3.8) is 0 Å². The van der Waals surface area contributed by atoms with Gasteiger partial charge in [0.15, 0.2) is 11.7 Å². The molecular formula is C21H37N5O2. The molecule has 1 aliphatic rings. The van der Waals surface area contributed by atoms with Gasteiger partial charge in [0.1, 0.15) is 6.54 Å². The smallest absolute Gasteiger partial charge is 0.243 e. The minimum absolute atomic E-state index is 0.0190. The van der Waals surface area contributed by atoms with Crippen molar-refractivity contribution in [1.29, 1.82) is 0 Å². The van der Waals surface area contributed by atoms with Crippen LogP contribution in [0.25, 0.3) is 0 Å². The van der Waals surface area contributed by atoms with Crippen LogP contribution >= 0.6 is 0 Å². The largest absolute Gasteiger partial charge is 0.359 e. The number of likely N-dealkylation sites (N-methyl/N-ethyl adjacent to an activating group) is 1. The van der Waals surface area contributed by atoms with Gasteiger partial charge in [-0.15, -0.1) is 0 Å². The molecule has 158 valence electrons. The molecule has 2 rings (SSSR count). The lowest BCUT2D eigenvalue weighted by Gasteiger charge is -2.23. The molecule has 0 atom stereocenters. The molecule has 0 aromatic carbocycles. The molecule has 0 spiro atoms. The van der Waals surface area contributed by atoms with Crippen LogP contribution in [0.1, 0.15) is 76.2 Å². The van der Waals surface area contributed by atoms with Gasteiger partial charge in [-0.05, 0) is 31.6 Å². The Morgan fingerprint density at radius 1 is 1.25 bits per heavy atom. The molecule has 2 N–H and O–H groups in total. The van der Waals surface area contributed by atoms with Crippen LogP contribution in [0.3, 0.4) is 0 Å². The monoisotopic (exact) mass is 391 g/mol. The number of hydrogen-bond donors (Lipinski definition) is 2. The van der Waals surface area contributed by atoms with Crippen molar-refractivity contribution < 1.29 is 9.32 Å². The van der Waals surface area contributed by atoms with E-state index in [1.165, 1.54) is 32.1 Å². The molecule has 1 saturated carbocycles. The molecule has 0 radical (unpaired) electrons. The summed E-state index contributed by atoms with van der Waals surface area (Å²) in [5.74, 6) is 2.54. The van der Waals surface area contributed by atoms with E-state index in [1.54, 1.807) is 19.0 Å². The molecule has 7 nitrogen and oxygen atoms in total. The van der Waals surface area contributed by atoms with Crippen molar-refractivity contribution in [1.82, 2.24) is 20.7 Å². The maximum Gasteiger partial charge on any atom is 0.243 e. The summed E-state index contributed by atoms with van der Waals surface area (Å²) in [7, 11) is 3.49. The highest BCUT2D eigenvalue weighted by molar-refractivity contribution is 5.84. The third-order valence-electron chi connectivity index (χ3n) is 5.57. The van der Waals surface area contributed by atoms with E-state index in [2.05, 4.69) is 34.6 Å². The van der Waals surface area contributed by atoms with E-state index in [1.807, 2.05) is 6.07 Å². The average Bonchev–Trinajstić information content (AvgIpc) is 3.17. The molecule has 1 aromatic heterocycles. The first-order chi connectivity index (χ1) is 13.5. The van der Waals surface area contributed by atoms with Crippen LogP contribution in [0.15, 0.2) is 15.6 Å². The average molecular weight is 392 g/mol. The summed E-state index contributed by atoms with van der Waals surface area (Å²) in [4.78, 5) is 17.9. The Kier molecular flexibility index (Phi) is 9.31. The van der Waals surface area contributed by atoms with E-state index >= 15 is 0 Å². The first-order valence-electron chi connectivity index (χ1n) is 10.7. The third kappa shape index (κ3) is 7.17. The second kappa shape index (κ2) is 11.7. The predicted octanol–water partition coefficient (Wildman–Crippen LogP) is 3.28. The first-order valence-corrected chi connectivity index (χ1v) is 10.7. The number of amides is 1. The molecule has 0 saturated heterocycles. The van der Waals surface area contributed by atoms with Crippen molar-refractivity contribution in [2.45, 2.75) is 71.3 Å². The summed E-state index contributed by atoms with van der Waals surface area (Å²) >= 11 is 0. The zero-order valence-electron chi connectivity index (χ0n) is 18.0. The Bertz CT molecular complexity index is 616. The van der Waals surface area contributed by atoms with Crippen LogP contribution in [0.2, 0.25) is 0 Å². The molecular weight excluding hydrogens is 354 g/mol. The molecule has 1 aliphatic carbocycles. The zero-order valence-corrected chi connectivity index (χ0v) is 18.0. The minimum atomic E-state index is -0.0190. The van der Waals surface area contributed by atoms with E-state index in [0.717, 1.165) is 30.8 Å². The molecule has 0 bridgehead atoms. The van der Waals surface area contributed by atoms with E-state index in [9.17, 15) is 4.79 Å². The quantitative estimate of drug-likeness (QED) is 0.499. The van der Waals surface area contributed by atoms with Gasteiger partial charge < -0.3 is 20.1 Å². The lowest BCUT2D eigenvalue weighted by atomic mass is 9.89. The number of guanidine groups is 1. The van der Waals surface area contributed by atoms with E-state index in [4.69, 9.17) is 4.52 Å². The summed E-state index contributed by atoms with van der Waals surface area (Å²) in [5.41, 5.74) is 1.01. The molecule has 1 heterocycles. The highest BCUT2D eigenvalue weighted by atomic mass is 16.5. The molecule has 1 amide bonds. The van der Waals surface area contributed by atoms with Crippen LogP contribution in [0.5, 0.6) is 0 Å². The van der Waals surface area contributed by atoms with Crippen LogP contribution in [-0.2, 0) is 11.3 Å². The van der Waals surface area contributed by atoms with E-state index in [0.29, 0.717) is 24.3 Å². The number of aliphatic imine (C=N–C) groups is 1. The molecule has 1 fully saturated rings. The van der Waals surface area contributed by atoms with Crippen molar-refractivity contribution in [3.8, 4) is 0 Å². The lowest BCUT2D eigenvalue weighted by Crippen LogP contribution is -2.40. The van der Waals surface area contributed by atoms with Crippen molar-refractivity contribution in [2.24, 2.45) is 10.9 Å².